The maximum Gasteiger partial charge on any atom is -0.0295 e. The molecule has 2 aliphatic carbocycles. The first-order chi connectivity index (χ1) is 7.48. The van der Waals surface area contributed by atoms with Crippen LogP contribution in [0.1, 0.15) is 74.1 Å². The minimum Gasteiger partial charge on any atom is -0.0776 e. The first-order valence-corrected chi connectivity index (χ1v) is 7.48. The highest BCUT2D eigenvalue weighted by Gasteiger charge is 2.53. The SMILES string of the molecule is C.CCCC1C2CCC(C)CC2C(C)(C)C1C. The summed E-state index contributed by atoms with van der Waals surface area (Å²) in [6, 6.07) is 0. The molecule has 0 saturated heterocycles. The van der Waals surface area contributed by atoms with Crippen LogP contribution in [0.4, 0.5) is 0 Å². The third-order valence-corrected chi connectivity index (χ3v) is 6.11. The fourth-order valence-corrected chi connectivity index (χ4v) is 4.83. The van der Waals surface area contributed by atoms with Gasteiger partial charge in [-0.3, -0.25) is 0 Å². The van der Waals surface area contributed by atoms with E-state index in [-0.39, 0.29) is 7.43 Å². The molecule has 0 spiro atoms. The fraction of sp³-hybridized carbons (Fsp3) is 1.00. The molecule has 17 heavy (non-hydrogen) atoms. The number of hydrogen-bond acceptors (Lipinski definition) is 0. The highest BCUT2D eigenvalue weighted by atomic mass is 14.6. The summed E-state index contributed by atoms with van der Waals surface area (Å²) in [6.45, 7) is 12.4. The Labute approximate surface area is 110 Å². The van der Waals surface area contributed by atoms with E-state index in [0.29, 0.717) is 5.41 Å². The number of rotatable bonds is 2. The van der Waals surface area contributed by atoms with Gasteiger partial charge in [-0.25, -0.2) is 0 Å². The van der Waals surface area contributed by atoms with Crippen LogP contribution in [0.25, 0.3) is 0 Å². The molecule has 0 aliphatic heterocycles. The van der Waals surface area contributed by atoms with E-state index < -0.39 is 0 Å². The summed E-state index contributed by atoms with van der Waals surface area (Å²) in [7, 11) is 0. The van der Waals surface area contributed by atoms with Crippen molar-refractivity contribution in [2.24, 2.45) is 35.0 Å². The van der Waals surface area contributed by atoms with E-state index >= 15 is 0 Å². The van der Waals surface area contributed by atoms with Crippen LogP contribution in [0.2, 0.25) is 0 Å². The summed E-state index contributed by atoms with van der Waals surface area (Å²) in [5.74, 6) is 5.02. The Morgan fingerprint density at radius 2 is 1.76 bits per heavy atom. The second kappa shape index (κ2) is 5.33. The zero-order chi connectivity index (χ0) is 11.9. The predicted molar refractivity (Wildman–Crippen MR) is 78.1 cm³/mol. The molecule has 0 nitrogen and oxygen atoms in total. The van der Waals surface area contributed by atoms with Gasteiger partial charge in [0.1, 0.15) is 0 Å². The molecule has 0 bridgehead atoms. The van der Waals surface area contributed by atoms with Gasteiger partial charge >= 0.3 is 0 Å². The van der Waals surface area contributed by atoms with Crippen molar-refractivity contribution in [3.63, 3.8) is 0 Å². The Balaban J connectivity index is 0.00000144. The molecule has 5 unspecified atom stereocenters. The third-order valence-electron chi connectivity index (χ3n) is 6.11. The van der Waals surface area contributed by atoms with E-state index in [9.17, 15) is 0 Å². The van der Waals surface area contributed by atoms with Crippen LogP contribution in [-0.2, 0) is 0 Å². The van der Waals surface area contributed by atoms with E-state index in [1.54, 1.807) is 0 Å². The minimum absolute atomic E-state index is 0. The van der Waals surface area contributed by atoms with Crippen LogP contribution in [0.5, 0.6) is 0 Å². The Kier molecular flexibility index (Phi) is 4.72. The van der Waals surface area contributed by atoms with Gasteiger partial charge in [0.05, 0.1) is 0 Å². The molecule has 2 aliphatic rings. The molecule has 0 aromatic rings. The Bertz CT molecular complexity index is 240. The van der Waals surface area contributed by atoms with Gasteiger partial charge in [-0.1, -0.05) is 61.3 Å². The second-order valence-electron chi connectivity index (χ2n) is 7.25. The van der Waals surface area contributed by atoms with Gasteiger partial charge in [0.15, 0.2) is 0 Å². The molecule has 5 atom stereocenters. The summed E-state index contributed by atoms with van der Waals surface area (Å²) in [5, 5.41) is 0. The lowest BCUT2D eigenvalue weighted by Gasteiger charge is -2.38. The van der Waals surface area contributed by atoms with Crippen LogP contribution in [0.3, 0.4) is 0 Å². The Morgan fingerprint density at radius 3 is 2.35 bits per heavy atom. The van der Waals surface area contributed by atoms with E-state index in [4.69, 9.17) is 0 Å². The monoisotopic (exact) mass is 238 g/mol. The largest absolute Gasteiger partial charge is 0.0776 e. The van der Waals surface area contributed by atoms with Gasteiger partial charge in [-0.15, -0.1) is 0 Å². The highest BCUT2D eigenvalue weighted by molar-refractivity contribution is 5.02. The molecule has 2 fully saturated rings. The average Bonchev–Trinajstić information content (AvgIpc) is 2.41. The molecule has 0 radical (unpaired) electrons. The van der Waals surface area contributed by atoms with Crippen LogP contribution in [0, 0.1) is 35.0 Å². The predicted octanol–water partition coefficient (Wildman–Crippen LogP) is 5.77. The summed E-state index contributed by atoms with van der Waals surface area (Å²) in [5.41, 5.74) is 0.596. The molecule has 2 rings (SSSR count). The lowest BCUT2D eigenvalue weighted by atomic mass is 9.67. The topological polar surface area (TPSA) is 0 Å². The zero-order valence-corrected chi connectivity index (χ0v) is 11.9. The van der Waals surface area contributed by atoms with Crippen molar-refractivity contribution >= 4 is 0 Å². The molecule has 102 valence electrons. The van der Waals surface area contributed by atoms with Gasteiger partial charge in [-0.05, 0) is 47.8 Å². The maximum absolute atomic E-state index is 2.54. The highest BCUT2D eigenvalue weighted by Crippen LogP contribution is 2.60. The molecule has 0 N–H and O–H groups in total. The smallest absolute Gasteiger partial charge is 0.0295 e. The summed E-state index contributed by atoms with van der Waals surface area (Å²) < 4.78 is 0. The molecular formula is C17H34. The van der Waals surface area contributed by atoms with Crippen LogP contribution in [-0.4, -0.2) is 0 Å². The first-order valence-electron chi connectivity index (χ1n) is 7.48. The number of hydrogen-bond donors (Lipinski definition) is 0. The molecule has 0 aromatic carbocycles. The number of fused-ring (bicyclic) bond motifs is 1. The van der Waals surface area contributed by atoms with Crippen molar-refractivity contribution in [1.29, 1.82) is 0 Å². The molecule has 0 heteroatoms. The third kappa shape index (κ3) is 2.42. The molecular weight excluding hydrogens is 204 g/mol. The summed E-state index contributed by atoms with van der Waals surface area (Å²) in [4.78, 5) is 0. The lowest BCUT2D eigenvalue weighted by Crippen LogP contribution is -2.30. The van der Waals surface area contributed by atoms with Gasteiger partial charge < -0.3 is 0 Å². The lowest BCUT2D eigenvalue weighted by molar-refractivity contribution is 0.113. The Hall–Kier alpha value is 0. The van der Waals surface area contributed by atoms with Crippen LogP contribution >= 0.6 is 0 Å². The van der Waals surface area contributed by atoms with Gasteiger partial charge in [0, 0.05) is 0 Å². The van der Waals surface area contributed by atoms with Crippen molar-refractivity contribution in [3.8, 4) is 0 Å². The maximum atomic E-state index is 2.54. The van der Waals surface area contributed by atoms with E-state index in [1.807, 2.05) is 0 Å². The standard InChI is InChI=1S/C16H30.CH4/c1-6-7-13-12(3)16(4,5)15-10-11(2)8-9-14(13)15;/h11-15H,6-10H2,1-5H3;1H4. The van der Waals surface area contributed by atoms with Gasteiger partial charge in [0.25, 0.3) is 0 Å². The zero-order valence-electron chi connectivity index (χ0n) is 11.9. The van der Waals surface area contributed by atoms with E-state index in [2.05, 4.69) is 34.6 Å². The van der Waals surface area contributed by atoms with E-state index in [0.717, 1.165) is 29.6 Å². The molecule has 0 aromatic heterocycles. The summed E-state index contributed by atoms with van der Waals surface area (Å²) in [6.07, 6.45) is 7.36. The molecule has 2 saturated carbocycles. The van der Waals surface area contributed by atoms with Crippen LogP contribution < -0.4 is 0 Å². The quantitative estimate of drug-likeness (QED) is 0.573. The van der Waals surface area contributed by atoms with Crippen molar-refractivity contribution in [2.75, 3.05) is 0 Å². The van der Waals surface area contributed by atoms with Gasteiger partial charge in [0.2, 0.25) is 0 Å². The van der Waals surface area contributed by atoms with Crippen molar-refractivity contribution in [2.45, 2.75) is 74.1 Å². The average molecular weight is 238 g/mol. The minimum atomic E-state index is 0. The van der Waals surface area contributed by atoms with E-state index in [1.165, 1.54) is 32.1 Å². The molecule has 0 heterocycles. The van der Waals surface area contributed by atoms with Gasteiger partial charge in [-0.2, -0.15) is 0 Å². The Morgan fingerprint density at radius 1 is 1.12 bits per heavy atom. The first kappa shape index (κ1) is 15.1. The normalized spacial score (nSPS) is 43.9. The van der Waals surface area contributed by atoms with Crippen molar-refractivity contribution in [1.82, 2.24) is 0 Å². The van der Waals surface area contributed by atoms with Crippen LogP contribution in [0.15, 0.2) is 0 Å². The summed E-state index contributed by atoms with van der Waals surface area (Å²) >= 11 is 0. The van der Waals surface area contributed by atoms with Crippen molar-refractivity contribution < 1.29 is 0 Å². The van der Waals surface area contributed by atoms with Crippen molar-refractivity contribution in [3.05, 3.63) is 0 Å². The molecule has 0 amide bonds. The fourth-order valence-electron chi connectivity index (χ4n) is 4.83. The second-order valence-corrected chi connectivity index (χ2v) is 7.25.